The number of fused-ring (bicyclic) bond motifs is 1. The van der Waals surface area contributed by atoms with Gasteiger partial charge >= 0.3 is 0 Å². The first-order valence-corrected chi connectivity index (χ1v) is 7.72. The van der Waals surface area contributed by atoms with Crippen molar-refractivity contribution in [2.75, 3.05) is 6.54 Å². The molecule has 0 aliphatic heterocycles. The van der Waals surface area contributed by atoms with E-state index in [0.717, 1.165) is 24.8 Å². The molecule has 3 heteroatoms. The van der Waals surface area contributed by atoms with Crippen LogP contribution in [0.2, 0.25) is 0 Å². The number of alkyl halides is 1. The summed E-state index contributed by atoms with van der Waals surface area (Å²) in [6.07, 6.45) is 4.99. The number of rotatable bonds is 4. The molecule has 2 nitrogen and oxygen atoms in total. The normalized spacial score (nSPS) is 33.1. The smallest absolute Gasteiger partial charge is 0.223 e. The zero-order valence-electron chi connectivity index (χ0n) is 11.1. The number of amides is 1. The predicted octanol–water partition coefficient (Wildman–Crippen LogP) is 3.35. The van der Waals surface area contributed by atoms with Crippen LogP contribution in [-0.2, 0) is 4.79 Å². The molecule has 0 bridgehead atoms. The van der Waals surface area contributed by atoms with Gasteiger partial charge in [-0.1, -0.05) is 43.1 Å². The molecule has 2 aliphatic rings. The SMILES string of the molecule is CC(C)(C)CC(Br)CNC(=O)C1C2CCCC21. The Bertz CT molecular complexity index is 287. The lowest BCUT2D eigenvalue weighted by atomic mass is 9.90. The van der Waals surface area contributed by atoms with Gasteiger partial charge in [-0.3, -0.25) is 4.79 Å². The van der Waals surface area contributed by atoms with Crippen molar-refractivity contribution >= 4 is 21.8 Å². The molecule has 3 unspecified atom stereocenters. The molecule has 0 radical (unpaired) electrons. The highest BCUT2D eigenvalue weighted by atomic mass is 79.9. The fraction of sp³-hybridized carbons (Fsp3) is 0.929. The quantitative estimate of drug-likeness (QED) is 0.793. The molecule has 1 N–H and O–H groups in total. The summed E-state index contributed by atoms with van der Waals surface area (Å²) in [5.74, 6) is 2.12. The Morgan fingerprint density at radius 2 is 1.94 bits per heavy atom. The maximum absolute atomic E-state index is 12.0. The van der Waals surface area contributed by atoms with Crippen molar-refractivity contribution in [3.63, 3.8) is 0 Å². The maximum Gasteiger partial charge on any atom is 0.223 e. The molecule has 0 aromatic rings. The largest absolute Gasteiger partial charge is 0.355 e. The van der Waals surface area contributed by atoms with Crippen molar-refractivity contribution in [2.45, 2.75) is 51.3 Å². The lowest BCUT2D eigenvalue weighted by molar-refractivity contribution is -0.123. The van der Waals surface area contributed by atoms with E-state index < -0.39 is 0 Å². The summed E-state index contributed by atoms with van der Waals surface area (Å²) in [6, 6.07) is 0. The summed E-state index contributed by atoms with van der Waals surface area (Å²) in [4.78, 5) is 12.4. The van der Waals surface area contributed by atoms with Crippen LogP contribution in [0.4, 0.5) is 0 Å². The third-order valence-electron chi connectivity index (χ3n) is 4.04. The topological polar surface area (TPSA) is 29.1 Å². The van der Waals surface area contributed by atoms with E-state index in [4.69, 9.17) is 0 Å². The standard InChI is InChI=1S/C14H24BrNO/c1-14(2,3)7-9(15)8-16-13(17)12-10-5-4-6-11(10)12/h9-12H,4-8H2,1-3H3,(H,16,17). The second kappa shape index (κ2) is 4.91. The highest BCUT2D eigenvalue weighted by Gasteiger charge is 2.56. The van der Waals surface area contributed by atoms with Gasteiger partial charge in [0.2, 0.25) is 5.91 Å². The molecule has 17 heavy (non-hydrogen) atoms. The van der Waals surface area contributed by atoms with Gasteiger partial charge in [0, 0.05) is 17.3 Å². The zero-order chi connectivity index (χ0) is 12.6. The fourth-order valence-corrected chi connectivity index (χ4v) is 4.41. The second-order valence-corrected chi connectivity index (χ2v) is 8.19. The van der Waals surface area contributed by atoms with Crippen molar-refractivity contribution < 1.29 is 4.79 Å². The molecular formula is C14H24BrNO. The molecule has 2 saturated carbocycles. The number of hydrogen-bond acceptors (Lipinski definition) is 1. The minimum absolute atomic E-state index is 0.304. The number of carbonyl (C=O) groups is 1. The number of hydrogen-bond donors (Lipinski definition) is 1. The molecule has 3 atom stereocenters. The summed E-state index contributed by atoms with van der Waals surface area (Å²) in [6.45, 7) is 7.46. The Morgan fingerprint density at radius 3 is 2.47 bits per heavy atom. The molecule has 0 aromatic carbocycles. The van der Waals surface area contributed by atoms with Gasteiger partial charge in [-0.25, -0.2) is 0 Å². The Kier molecular flexibility index (Phi) is 3.86. The predicted molar refractivity (Wildman–Crippen MR) is 74.1 cm³/mol. The van der Waals surface area contributed by atoms with E-state index in [1.807, 2.05) is 0 Å². The first-order chi connectivity index (χ1) is 7.88. The van der Waals surface area contributed by atoms with E-state index in [0.29, 0.717) is 22.1 Å². The van der Waals surface area contributed by atoms with Crippen LogP contribution in [0.3, 0.4) is 0 Å². The average molecular weight is 302 g/mol. The van der Waals surface area contributed by atoms with E-state index in [9.17, 15) is 4.79 Å². The summed E-state index contributed by atoms with van der Waals surface area (Å²) >= 11 is 3.66. The highest BCUT2D eigenvalue weighted by Crippen LogP contribution is 2.57. The van der Waals surface area contributed by atoms with Crippen LogP contribution in [0, 0.1) is 23.2 Å². The van der Waals surface area contributed by atoms with Gasteiger partial charge in [0.15, 0.2) is 0 Å². The minimum Gasteiger partial charge on any atom is -0.355 e. The van der Waals surface area contributed by atoms with Gasteiger partial charge in [0.25, 0.3) is 0 Å². The number of halogens is 1. The van der Waals surface area contributed by atoms with E-state index in [-0.39, 0.29) is 0 Å². The molecule has 1 amide bonds. The van der Waals surface area contributed by atoms with Crippen LogP contribution in [0.15, 0.2) is 0 Å². The van der Waals surface area contributed by atoms with Crippen LogP contribution in [0.1, 0.15) is 46.5 Å². The van der Waals surface area contributed by atoms with Gasteiger partial charge in [-0.15, -0.1) is 0 Å². The summed E-state index contributed by atoms with van der Waals surface area (Å²) in [7, 11) is 0. The summed E-state index contributed by atoms with van der Waals surface area (Å²) < 4.78 is 0. The highest BCUT2D eigenvalue weighted by molar-refractivity contribution is 9.09. The third-order valence-corrected chi connectivity index (χ3v) is 4.69. The Hall–Kier alpha value is -0.0500. The first kappa shape index (κ1) is 13.4. The Balaban J connectivity index is 1.67. The Labute approximate surface area is 113 Å². The monoisotopic (exact) mass is 301 g/mol. The molecule has 0 aromatic heterocycles. The summed E-state index contributed by atoms with van der Waals surface area (Å²) in [5.41, 5.74) is 0.314. The third kappa shape index (κ3) is 3.46. The van der Waals surface area contributed by atoms with E-state index in [1.54, 1.807) is 0 Å². The van der Waals surface area contributed by atoms with Crippen molar-refractivity contribution in [2.24, 2.45) is 23.2 Å². The van der Waals surface area contributed by atoms with Crippen LogP contribution in [0.5, 0.6) is 0 Å². The molecule has 98 valence electrons. The van der Waals surface area contributed by atoms with Crippen molar-refractivity contribution in [3.05, 3.63) is 0 Å². The molecule has 2 rings (SSSR count). The van der Waals surface area contributed by atoms with Crippen molar-refractivity contribution in [1.82, 2.24) is 5.32 Å². The van der Waals surface area contributed by atoms with E-state index in [2.05, 4.69) is 42.0 Å². The van der Waals surface area contributed by atoms with Gasteiger partial charge in [0.1, 0.15) is 0 Å². The molecular weight excluding hydrogens is 278 g/mol. The van der Waals surface area contributed by atoms with Crippen molar-refractivity contribution in [1.29, 1.82) is 0 Å². The molecule has 0 saturated heterocycles. The van der Waals surface area contributed by atoms with Crippen LogP contribution in [0.25, 0.3) is 0 Å². The van der Waals surface area contributed by atoms with Gasteiger partial charge in [-0.2, -0.15) is 0 Å². The molecule has 0 spiro atoms. The molecule has 0 heterocycles. The molecule has 2 aliphatic carbocycles. The van der Waals surface area contributed by atoms with Crippen LogP contribution < -0.4 is 5.32 Å². The van der Waals surface area contributed by atoms with Gasteiger partial charge in [0.05, 0.1) is 0 Å². The fourth-order valence-electron chi connectivity index (χ4n) is 3.28. The van der Waals surface area contributed by atoms with E-state index in [1.165, 1.54) is 19.3 Å². The van der Waals surface area contributed by atoms with Gasteiger partial charge < -0.3 is 5.32 Å². The summed E-state index contributed by atoms with van der Waals surface area (Å²) in [5, 5.41) is 3.11. The number of nitrogens with one attached hydrogen (secondary N) is 1. The lowest BCUT2D eigenvalue weighted by Gasteiger charge is -2.22. The average Bonchev–Trinajstić information content (AvgIpc) is 2.66. The van der Waals surface area contributed by atoms with E-state index >= 15 is 0 Å². The zero-order valence-corrected chi connectivity index (χ0v) is 12.7. The van der Waals surface area contributed by atoms with Crippen LogP contribution >= 0.6 is 15.9 Å². The maximum atomic E-state index is 12.0. The number of carbonyl (C=O) groups excluding carboxylic acids is 1. The van der Waals surface area contributed by atoms with Crippen molar-refractivity contribution in [3.8, 4) is 0 Å². The van der Waals surface area contributed by atoms with Gasteiger partial charge in [-0.05, 0) is 36.5 Å². The van der Waals surface area contributed by atoms with Crippen LogP contribution in [-0.4, -0.2) is 17.3 Å². The second-order valence-electron chi connectivity index (χ2n) is 6.89. The minimum atomic E-state index is 0.304. The first-order valence-electron chi connectivity index (χ1n) is 6.80. The Morgan fingerprint density at radius 1 is 1.35 bits per heavy atom. The lowest BCUT2D eigenvalue weighted by Crippen LogP contribution is -2.33. The molecule has 2 fully saturated rings.